The number of ether oxygens (including phenoxy) is 4. The zero-order chi connectivity index (χ0) is 51.6. The molecule has 6 rings (SSSR count). The SMILES string of the molecule is C=C1NC(=O)C=CN1[C@@H]1O[C@H](CO[P@@](=O)(N[C@@H](C)C(=O)OC)Oc2ccccc2)[C@@H](O)[C@@]1(C)C#N.COC(=O)[C@H](C)N[P@@](=O)(OC[C@H]1O[C@@H](n2ccc(=O)[nH]c2=O)[C@](C)(C#N)[C@@H]1O)Oc1ccccc1. The van der Waals surface area contributed by atoms with Gasteiger partial charge in [0, 0.05) is 24.5 Å². The van der Waals surface area contributed by atoms with E-state index in [-0.39, 0.29) is 17.3 Å². The summed E-state index contributed by atoms with van der Waals surface area (Å²) in [6.45, 7) is 8.41. The van der Waals surface area contributed by atoms with Gasteiger partial charge in [-0.05, 0) is 52.0 Å². The van der Waals surface area contributed by atoms with Gasteiger partial charge in [0.15, 0.2) is 12.5 Å². The van der Waals surface area contributed by atoms with Gasteiger partial charge in [-0.15, -0.1) is 0 Å². The van der Waals surface area contributed by atoms with Crippen LogP contribution < -0.4 is 35.8 Å². The molecular weight excluding hydrogens is 962 g/mol. The maximum Gasteiger partial charge on any atom is 0.459 e. The molecule has 1 amide bonds. The lowest BCUT2D eigenvalue weighted by Gasteiger charge is -2.36. The summed E-state index contributed by atoms with van der Waals surface area (Å²) in [5.41, 5.74) is -4.59. The Bertz CT molecular complexity index is 2710. The van der Waals surface area contributed by atoms with Gasteiger partial charge in [0.1, 0.15) is 64.6 Å². The molecule has 3 aromatic rings. The summed E-state index contributed by atoms with van der Waals surface area (Å²) < 4.78 is 71.1. The molecule has 3 aliphatic heterocycles. The molecule has 1 aromatic heterocycles. The number of aliphatic hydroxyl groups excluding tert-OH is 2. The third kappa shape index (κ3) is 12.6. The first-order valence-electron chi connectivity index (χ1n) is 21.0. The first-order chi connectivity index (χ1) is 33.0. The van der Waals surface area contributed by atoms with Gasteiger partial charge in [0.2, 0.25) is 0 Å². The second kappa shape index (κ2) is 23.0. The van der Waals surface area contributed by atoms with Crippen molar-refractivity contribution in [3.05, 3.63) is 118 Å². The summed E-state index contributed by atoms with van der Waals surface area (Å²) in [6.07, 6.45) is -3.79. The first kappa shape index (κ1) is 54.5. The van der Waals surface area contributed by atoms with E-state index in [9.17, 15) is 53.8 Å². The number of hydrogen-bond donors (Lipinski definition) is 6. The molecule has 0 spiro atoms. The second-order valence-electron chi connectivity index (χ2n) is 16.1. The highest BCUT2D eigenvalue weighted by Gasteiger charge is 2.58. The Hall–Kier alpha value is -6.47. The number of aliphatic hydroxyl groups is 2. The van der Waals surface area contributed by atoms with E-state index in [0.29, 0.717) is 0 Å². The average Bonchev–Trinajstić information content (AvgIpc) is 3.74. The number of rotatable bonds is 18. The van der Waals surface area contributed by atoms with E-state index in [2.05, 4.69) is 42.6 Å². The molecule has 6 N–H and O–H groups in total. The van der Waals surface area contributed by atoms with Crippen molar-refractivity contribution >= 4 is 33.3 Å². The monoisotopic (exact) mass is 1010 g/mol. The lowest BCUT2D eigenvalue weighted by atomic mass is 9.83. The zero-order valence-electron chi connectivity index (χ0n) is 38.5. The summed E-state index contributed by atoms with van der Waals surface area (Å²) in [6, 6.07) is 19.1. The Balaban J connectivity index is 0.000000261. The number of methoxy groups -OCH3 is 2. The molecule has 376 valence electrons. The molecule has 2 aromatic carbocycles. The molecular formula is C43H52N8O17P2. The highest BCUT2D eigenvalue weighted by molar-refractivity contribution is 7.52. The van der Waals surface area contributed by atoms with Gasteiger partial charge in [-0.3, -0.25) is 37.8 Å². The van der Waals surface area contributed by atoms with Crippen LogP contribution in [0.15, 0.2) is 107 Å². The van der Waals surface area contributed by atoms with Crippen LogP contribution >= 0.6 is 15.5 Å². The van der Waals surface area contributed by atoms with E-state index in [1.165, 1.54) is 64.1 Å². The molecule has 25 nitrogen and oxygen atoms in total. The molecule has 0 unspecified atom stereocenters. The van der Waals surface area contributed by atoms with E-state index in [4.69, 9.17) is 27.6 Å². The Morgan fingerprint density at radius 1 is 0.800 bits per heavy atom. The molecule has 12 atom stereocenters. The summed E-state index contributed by atoms with van der Waals surface area (Å²) in [7, 11) is -6.09. The number of hydrogen-bond acceptors (Lipinski definition) is 20. The smallest absolute Gasteiger partial charge is 0.459 e. The molecule has 2 fully saturated rings. The predicted octanol–water partition coefficient (Wildman–Crippen LogP) is 2.05. The number of aromatic amines is 1. The lowest BCUT2D eigenvalue weighted by molar-refractivity contribution is -0.143. The molecule has 3 aliphatic rings. The van der Waals surface area contributed by atoms with Crippen LogP contribution in [0.1, 0.15) is 33.9 Å². The summed E-state index contributed by atoms with van der Waals surface area (Å²) in [4.78, 5) is 62.5. The summed E-state index contributed by atoms with van der Waals surface area (Å²) >= 11 is 0. The van der Waals surface area contributed by atoms with Crippen LogP contribution in [0, 0.1) is 33.5 Å². The summed E-state index contributed by atoms with van der Waals surface area (Å²) in [5, 5.41) is 48.8. The number of nitrogens with zero attached hydrogens (tertiary/aromatic N) is 4. The van der Waals surface area contributed by atoms with Crippen LogP contribution in [0.2, 0.25) is 0 Å². The number of benzene rings is 2. The van der Waals surface area contributed by atoms with Gasteiger partial charge in [-0.1, -0.05) is 43.0 Å². The van der Waals surface area contributed by atoms with Gasteiger partial charge in [0.25, 0.3) is 11.5 Å². The molecule has 4 heterocycles. The van der Waals surface area contributed by atoms with E-state index in [1.807, 2.05) is 6.07 Å². The van der Waals surface area contributed by atoms with Crippen molar-refractivity contribution in [3.63, 3.8) is 0 Å². The number of aromatic nitrogens is 2. The van der Waals surface area contributed by atoms with Crippen molar-refractivity contribution in [1.29, 1.82) is 10.5 Å². The second-order valence-corrected chi connectivity index (χ2v) is 19.4. The Morgan fingerprint density at radius 3 is 1.66 bits per heavy atom. The van der Waals surface area contributed by atoms with Crippen molar-refractivity contribution in [2.75, 3.05) is 27.4 Å². The molecule has 27 heteroatoms. The van der Waals surface area contributed by atoms with E-state index < -0.39 is 118 Å². The maximum atomic E-state index is 13.5. The molecule has 0 bridgehead atoms. The summed E-state index contributed by atoms with van der Waals surface area (Å²) in [5.74, 6) is -1.28. The van der Waals surface area contributed by atoms with Crippen molar-refractivity contribution < 1.29 is 70.8 Å². The fourth-order valence-corrected chi connectivity index (χ4v) is 10.1. The van der Waals surface area contributed by atoms with Crippen LogP contribution in [-0.4, -0.2) is 113 Å². The van der Waals surface area contributed by atoms with E-state index in [1.54, 1.807) is 48.5 Å². The first-order valence-corrected chi connectivity index (χ1v) is 24.1. The predicted molar refractivity (Wildman–Crippen MR) is 242 cm³/mol. The minimum absolute atomic E-state index is 0.157. The normalized spacial score (nSPS) is 27.4. The zero-order valence-corrected chi connectivity index (χ0v) is 40.3. The quantitative estimate of drug-likeness (QED) is 0.0784. The van der Waals surface area contributed by atoms with Crippen LogP contribution in [0.4, 0.5) is 0 Å². The number of amides is 1. The lowest BCUT2D eigenvalue weighted by Crippen LogP contribution is -2.48. The number of carbonyl (C=O) groups excluding carboxylic acids is 3. The topological polar surface area (TPSA) is 341 Å². The number of para-hydroxylation sites is 2. The number of carbonyl (C=O) groups is 3. The van der Waals surface area contributed by atoms with Crippen LogP contribution in [0.5, 0.6) is 11.5 Å². The van der Waals surface area contributed by atoms with Gasteiger partial charge >= 0.3 is 33.1 Å². The number of esters is 2. The standard InChI is InChI=1S/C22H27N4O8P.C21H25N4O9P/c1-14(20(29)31-4)25-35(30,34-16-8-6-5-7-9-16)32-12-17-19(28)22(3,13-23)21(33-17)26-11-10-18(27)24-15(26)2;1-13(18(28)31-3)24-35(30,34-14-7-5-4-6-8-14)32-11-15-17(27)21(2,12-22)19(33-15)25-10-9-16(26)23-20(25)29/h5-11,14,17,19,21,28H,2,12H2,1,3-4H3,(H,24,27)(H,25,30);4-10,13,15,17,19,27H,11H2,1-3H3,(H,24,30)(H,23,26,29)/t14-,17+,19+,21+,22+,35-;13-,15+,17+,19+,21+,35+/m00/s1. The Kier molecular flexibility index (Phi) is 17.9. The molecule has 0 radical (unpaired) electrons. The fourth-order valence-electron chi connectivity index (χ4n) is 7.05. The maximum absolute atomic E-state index is 13.5. The number of nitriles is 2. The van der Waals surface area contributed by atoms with Crippen LogP contribution in [-0.2, 0) is 51.5 Å². The number of H-pyrrole nitrogens is 1. The molecule has 2 saturated heterocycles. The van der Waals surface area contributed by atoms with E-state index >= 15 is 0 Å². The van der Waals surface area contributed by atoms with E-state index in [0.717, 1.165) is 23.9 Å². The molecule has 0 saturated carbocycles. The largest absolute Gasteiger partial charge is 0.468 e. The van der Waals surface area contributed by atoms with Gasteiger partial charge < -0.3 is 48.4 Å². The van der Waals surface area contributed by atoms with Crippen molar-refractivity contribution in [2.24, 2.45) is 10.8 Å². The minimum atomic E-state index is -4.24. The van der Waals surface area contributed by atoms with Gasteiger partial charge in [-0.25, -0.2) is 13.9 Å². The molecule has 70 heavy (non-hydrogen) atoms. The highest BCUT2D eigenvalue weighted by atomic mass is 31.2. The van der Waals surface area contributed by atoms with Crippen molar-refractivity contribution in [2.45, 2.75) is 76.7 Å². The minimum Gasteiger partial charge on any atom is -0.468 e. The fraction of sp³-hybridized carbons (Fsp3) is 0.419. The van der Waals surface area contributed by atoms with Crippen molar-refractivity contribution in [3.8, 4) is 23.6 Å². The van der Waals surface area contributed by atoms with Gasteiger partial charge in [0.05, 0.1) is 39.6 Å². The average molecular weight is 1010 g/mol. The Labute approximate surface area is 400 Å². The molecule has 0 aliphatic carbocycles. The van der Waals surface area contributed by atoms with Crippen LogP contribution in [0.3, 0.4) is 0 Å². The van der Waals surface area contributed by atoms with Crippen molar-refractivity contribution in [1.82, 2.24) is 29.9 Å². The van der Waals surface area contributed by atoms with Crippen LogP contribution in [0.25, 0.3) is 0 Å². The third-order valence-electron chi connectivity index (χ3n) is 10.9. The van der Waals surface area contributed by atoms with Gasteiger partial charge in [-0.2, -0.15) is 20.7 Å². The Morgan fingerprint density at radius 2 is 1.24 bits per heavy atom. The number of nitrogens with one attached hydrogen (secondary N) is 4. The highest BCUT2D eigenvalue weighted by Crippen LogP contribution is 2.50. The third-order valence-corrected chi connectivity index (χ3v) is 14.2.